The number of carbonyl (C=O) groups is 2. The van der Waals surface area contributed by atoms with Crippen LogP contribution in [0.15, 0.2) is 0 Å². The van der Waals surface area contributed by atoms with Crippen molar-refractivity contribution in [2.45, 2.75) is 32.7 Å². The molecule has 3 N–H and O–H groups in total. The number of amides is 1. The predicted octanol–water partition coefficient (Wildman–Crippen LogP) is 0.772. The molecule has 0 aliphatic carbocycles. The van der Waals surface area contributed by atoms with Crippen LogP contribution in [0.2, 0.25) is 0 Å². The molecule has 0 aromatic heterocycles. The molecule has 0 rings (SSSR count). The second-order valence-corrected chi connectivity index (χ2v) is 5.25. The minimum Gasteiger partial charge on any atom is -0.467 e. The Kier molecular flexibility index (Phi) is 9.77. The molecule has 6 heteroatoms. The van der Waals surface area contributed by atoms with E-state index in [0.717, 1.165) is 18.6 Å². The van der Waals surface area contributed by atoms with Crippen molar-refractivity contribution >= 4 is 23.6 Å². The Balaban J connectivity index is 4.15. The number of hydrogen-bond donors (Lipinski definition) is 2. The van der Waals surface area contributed by atoms with Crippen molar-refractivity contribution < 1.29 is 14.3 Å². The summed E-state index contributed by atoms with van der Waals surface area (Å²) in [7, 11) is 1.33. The standard InChI is InChI=1S/C12H24N2O3S/c1-4-9(2)11(12(16)17-3)14-10(15)8-18-7-5-6-13/h9,11H,4-8,13H2,1-3H3,(H,14,15). The third-order valence-electron chi connectivity index (χ3n) is 2.71. The van der Waals surface area contributed by atoms with Crippen molar-refractivity contribution in [3.63, 3.8) is 0 Å². The lowest BCUT2D eigenvalue weighted by Gasteiger charge is -2.21. The molecule has 0 radical (unpaired) electrons. The summed E-state index contributed by atoms with van der Waals surface area (Å²) in [6.07, 6.45) is 1.70. The summed E-state index contributed by atoms with van der Waals surface area (Å²) in [5.74, 6) is 0.757. The van der Waals surface area contributed by atoms with Crippen LogP contribution in [-0.4, -0.2) is 43.1 Å². The van der Waals surface area contributed by atoms with Crippen LogP contribution in [0.25, 0.3) is 0 Å². The van der Waals surface area contributed by atoms with Gasteiger partial charge < -0.3 is 15.8 Å². The Bertz CT molecular complexity index is 262. The van der Waals surface area contributed by atoms with Crippen molar-refractivity contribution in [1.29, 1.82) is 0 Å². The van der Waals surface area contributed by atoms with Gasteiger partial charge in [0, 0.05) is 0 Å². The van der Waals surface area contributed by atoms with Crippen LogP contribution in [0.1, 0.15) is 26.7 Å². The molecule has 18 heavy (non-hydrogen) atoms. The molecule has 1 amide bonds. The van der Waals surface area contributed by atoms with E-state index in [2.05, 4.69) is 5.32 Å². The third kappa shape index (κ3) is 6.86. The Hall–Kier alpha value is -0.750. The maximum absolute atomic E-state index is 11.7. The van der Waals surface area contributed by atoms with E-state index in [9.17, 15) is 9.59 Å². The van der Waals surface area contributed by atoms with Gasteiger partial charge in [0.2, 0.25) is 5.91 Å². The number of rotatable bonds is 9. The fraction of sp³-hybridized carbons (Fsp3) is 0.833. The van der Waals surface area contributed by atoms with E-state index in [4.69, 9.17) is 10.5 Å². The number of ether oxygens (including phenoxy) is 1. The zero-order valence-corrected chi connectivity index (χ0v) is 12.2. The lowest BCUT2D eigenvalue weighted by molar-refractivity contribution is -0.146. The number of thioether (sulfide) groups is 1. The van der Waals surface area contributed by atoms with E-state index in [1.807, 2.05) is 13.8 Å². The summed E-state index contributed by atoms with van der Waals surface area (Å²) in [6, 6.07) is -0.553. The Morgan fingerprint density at radius 2 is 2.11 bits per heavy atom. The van der Waals surface area contributed by atoms with E-state index < -0.39 is 6.04 Å². The second-order valence-electron chi connectivity index (χ2n) is 4.15. The molecule has 0 fully saturated rings. The second kappa shape index (κ2) is 10.2. The van der Waals surface area contributed by atoms with Gasteiger partial charge in [-0.05, 0) is 24.6 Å². The predicted molar refractivity (Wildman–Crippen MR) is 74.4 cm³/mol. The smallest absolute Gasteiger partial charge is 0.328 e. The molecule has 2 unspecified atom stereocenters. The summed E-state index contributed by atoms with van der Waals surface area (Å²) >= 11 is 1.52. The lowest BCUT2D eigenvalue weighted by atomic mass is 9.99. The molecule has 0 saturated heterocycles. The van der Waals surface area contributed by atoms with Gasteiger partial charge in [0.1, 0.15) is 6.04 Å². The van der Waals surface area contributed by atoms with Gasteiger partial charge in [0.15, 0.2) is 0 Å². The number of methoxy groups -OCH3 is 1. The van der Waals surface area contributed by atoms with Crippen molar-refractivity contribution in [2.75, 3.05) is 25.2 Å². The summed E-state index contributed by atoms with van der Waals surface area (Å²) in [5, 5.41) is 2.73. The summed E-state index contributed by atoms with van der Waals surface area (Å²) in [6.45, 7) is 4.53. The maximum atomic E-state index is 11.7. The number of nitrogens with two attached hydrogens (primary N) is 1. The highest BCUT2D eigenvalue weighted by Gasteiger charge is 2.26. The number of carbonyl (C=O) groups excluding carboxylic acids is 2. The van der Waals surface area contributed by atoms with Crippen LogP contribution in [0.5, 0.6) is 0 Å². The highest BCUT2D eigenvalue weighted by molar-refractivity contribution is 7.99. The highest BCUT2D eigenvalue weighted by Crippen LogP contribution is 2.10. The number of nitrogens with one attached hydrogen (secondary N) is 1. The van der Waals surface area contributed by atoms with Gasteiger partial charge in [-0.1, -0.05) is 20.3 Å². The van der Waals surface area contributed by atoms with Crippen LogP contribution in [-0.2, 0) is 14.3 Å². The first kappa shape index (κ1) is 17.2. The summed E-state index contributed by atoms with van der Waals surface area (Å²) < 4.78 is 4.70. The molecule has 0 heterocycles. The average molecular weight is 276 g/mol. The summed E-state index contributed by atoms with van der Waals surface area (Å²) in [5.41, 5.74) is 5.37. The van der Waals surface area contributed by atoms with Gasteiger partial charge >= 0.3 is 5.97 Å². The monoisotopic (exact) mass is 276 g/mol. The van der Waals surface area contributed by atoms with Gasteiger partial charge in [-0.2, -0.15) is 11.8 Å². The lowest BCUT2D eigenvalue weighted by Crippen LogP contribution is -2.46. The molecule has 0 spiro atoms. The number of esters is 1. The molecule has 0 aromatic carbocycles. The van der Waals surface area contributed by atoms with Gasteiger partial charge in [-0.3, -0.25) is 4.79 Å². The van der Waals surface area contributed by atoms with Gasteiger partial charge in [-0.25, -0.2) is 4.79 Å². The van der Waals surface area contributed by atoms with E-state index in [1.165, 1.54) is 18.9 Å². The minimum absolute atomic E-state index is 0.0652. The molecule has 0 aromatic rings. The zero-order chi connectivity index (χ0) is 14.0. The number of hydrogen-bond acceptors (Lipinski definition) is 5. The van der Waals surface area contributed by atoms with E-state index >= 15 is 0 Å². The van der Waals surface area contributed by atoms with Gasteiger partial charge in [-0.15, -0.1) is 0 Å². The van der Waals surface area contributed by atoms with Crippen LogP contribution >= 0.6 is 11.8 Å². The van der Waals surface area contributed by atoms with Crippen molar-refractivity contribution in [3.05, 3.63) is 0 Å². The Morgan fingerprint density at radius 1 is 1.44 bits per heavy atom. The molecular formula is C12H24N2O3S. The van der Waals surface area contributed by atoms with Crippen LogP contribution in [0.4, 0.5) is 0 Å². The molecule has 0 saturated carbocycles. The first-order valence-corrected chi connectivity index (χ1v) is 7.37. The molecule has 106 valence electrons. The Morgan fingerprint density at radius 3 is 2.61 bits per heavy atom. The first-order chi connectivity index (χ1) is 8.56. The zero-order valence-electron chi connectivity index (χ0n) is 11.4. The van der Waals surface area contributed by atoms with E-state index in [0.29, 0.717) is 12.3 Å². The normalized spacial score (nSPS) is 13.8. The van der Waals surface area contributed by atoms with Crippen molar-refractivity contribution in [2.24, 2.45) is 11.7 Å². The van der Waals surface area contributed by atoms with E-state index in [-0.39, 0.29) is 17.8 Å². The molecule has 5 nitrogen and oxygen atoms in total. The molecule has 2 atom stereocenters. The maximum Gasteiger partial charge on any atom is 0.328 e. The van der Waals surface area contributed by atoms with Gasteiger partial charge in [0.05, 0.1) is 12.9 Å². The van der Waals surface area contributed by atoms with Gasteiger partial charge in [0.25, 0.3) is 0 Å². The Labute approximate surface area is 113 Å². The summed E-state index contributed by atoms with van der Waals surface area (Å²) in [4.78, 5) is 23.3. The third-order valence-corrected chi connectivity index (χ3v) is 3.75. The SMILES string of the molecule is CCC(C)C(NC(=O)CSCCCN)C(=O)OC. The molecule has 0 bridgehead atoms. The van der Waals surface area contributed by atoms with Crippen LogP contribution in [0.3, 0.4) is 0 Å². The fourth-order valence-electron chi connectivity index (χ4n) is 1.36. The van der Waals surface area contributed by atoms with E-state index in [1.54, 1.807) is 0 Å². The molecule has 0 aliphatic rings. The van der Waals surface area contributed by atoms with Crippen LogP contribution < -0.4 is 11.1 Å². The fourth-order valence-corrected chi connectivity index (χ4v) is 2.15. The molecular weight excluding hydrogens is 252 g/mol. The molecule has 0 aliphatic heterocycles. The van der Waals surface area contributed by atoms with Crippen molar-refractivity contribution in [3.8, 4) is 0 Å². The van der Waals surface area contributed by atoms with Crippen LogP contribution in [0, 0.1) is 5.92 Å². The average Bonchev–Trinajstić information content (AvgIpc) is 2.39. The quantitative estimate of drug-likeness (QED) is 0.480. The minimum atomic E-state index is -0.553. The largest absolute Gasteiger partial charge is 0.467 e. The van der Waals surface area contributed by atoms with Crippen molar-refractivity contribution in [1.82, 2.24) is 5.32 Å². The topological polar surface area (TPSA) is 81.4 Å². The first-order valence-electron chi connectivity index (χ1n) is 6.21. The highest BCUT2D eigenvalue weighted by atomic mass is 32.2.